The van der Waals surface area contributed by atoms with Crippen LogP contribution in [0.4, 0.5) is 5.82 Å². The standard InChI is InChI=1S/C14H24N4/c1-9-7-10(2)13-12(8-9)14(17-16-13)18-5-3-11(15)4-6-18/h9-11H,3-8,15H2,1-2H3,(H,16,17). The van der Waals surface area contributed by atoms with Gasteiger partial charge in [-0.05, 0) is 37.5 Å². The third-order valence-corrected chi connectivity index (χ3v) is 4.52. The van der Waals surface area contributed by atoms with Gasteiger partial charge in [0.25, 0.3) is 0 Å². The Kier molecular flexibility index (Phi) is 3.06. The Morgan fingerprint density at radius 3 is 2.72 bits per heavy atom. The monoisotopic (exact) mass is 248 g/mol. The van der Waals surface area contributed by atoms with Crippen molar-refractivity contribution in [1.82, 2.24) is 10.2 Å². The van der Waals surface area contributed by atoms with Crippen molar-refractivity contribution in [2.75, 3.05) is 18.0 Å². The molecule has 1 aromatic rings. The van der Waals surface area contributed by atoms with Gasteiger partial charge < -0.3 is 10.6 Å². The molecular weight excluding hydrogens is 224 g/mol. The van der Waals surface area contributed by atoms with E-state index in [-0.39, 0.29) is 0 Å². The minimum Gasteiger partial charge on any atom is -0.355 e. The molecule has 4 heteroatoms. The first-order chi connectivity index (χ1) is 8.65. The summed E-state index contributed by atoms with van der Waals surface area (Å²) in [6.07, 6.45) is 4.63. The number of fused-ring (bicyclic) bond motifs is 1. The molecular formula is C14H24N4. The number of nitrogens with two attached hydrogens (primary N) is 1. The van der Waals surface area contributed by atoms with Gasteiger partial charge in [-0.3, -0.25) is 5.10 Å². The van der Waals surface area contributed by atoms with E-state index >= 15 is 0 Å². The van der Waals surface area contributed by atoms with Crippen molar-refractivity contribution in [3.05, 3.63) is 11.3 Å². The van der Waals surface area contributed by atoms with E-state index < -0.39 is 0 Å². The highest BCUT2D eigenvalue weighted by molar-refractivity contribution is 5.51. The van der Waals surface area contributed by atoms with E-state index in [9.17, 15) is 0 Å². The summed E-state index contributed by atoms with van der Waals surface area (Å²) >= 11 is 0. The molecule has 1 aliphatic carbocycles. The molecule has 2 atom stereocenters. The molecule has 0 aromatic carbocycles. The lowest BCUT2D eigenvalue weighted by atomic mass is 9.82. The van der Waals surface area contributed by atoms with Crippen molar-refractivity contribution >= 4 is 5.82 Å². The predicted octanol–water partition coefficient (Wildman–Crippen LogP) is 2.02. The summed E-state index contributed by atoms with van der Waals surface area (Å²) in [6.45, 7) is 6.77. The van der Waals surface area contributed by atoms with Gasteiger partial charge >= 0.3 is 0 Å². The highest BCUT2D eigenvalue weighted by atomic mass is 15.3. The molecule has 2 aliphatic rings. The summed E-state index contributed by atoms with van der Waals surface area (Å²) in [4.78, 5) is 2.42. The van der Waals surface area contributed by atoms with Crippen LogP contribution in [0.25, 0.3) is 0 Å². The molecule has 1 aliphatic heterocycles. The Labute approximate surface area is 109 Å². The zero-order chi connectivity index (χ0) is 12.7. The summed E-state index contributed by atoms with van der Waals surface area (Å²) in [6, 6.07) is 0.383. The minimum atomic E-state index is 0.383. The van der Waals surface area contributed by atoms with E-state index in [1.807, 2.05) is 0 Å². The first-order valence-corrected chi connectivity index (χ1v) is 7.22. The van der Waals surface area contributed by atoms with Gasteiger partial charge in [0.15, 0.2) is 5.82 Å². The summed E-state index contributed by atoms with van der Waals surface area (Å²) in [5, 5.41) is 7.87. The normalized spacial score (nSPS) is 29.4. The Balaban J connectivity index is 1.85. The lowest BCUT2D eigenvalue weighted by Crippen LogP contribution is -2.40. The van der Waals surface area contributed by atoms with Crippen molar-refractivity contribution in [3.63, 3.8) is 0 Å². The molecule has 1 aromatic heterocycles. The Bertz CT molecular complexity index is 417. The number of H-pyrrole nitrogens is 1. The van der Waals surface area contributed by atoms with Gasteiger partial charge in [0, 0.05) is 30.4 Å². The average Bonchev–Trinajstić information content (AvgIpc) is 2.74. The van der Waals surface area contributed by atoms with Crippen LogP contribution in [0.3, 0.4) is 0 Å². The highest BCUT2D eigenvalue weighted by Crippen LogP contribution is 2.38. The zero-order valence-electron chi connectivity index (χ0n) is 11.4. The van der Waals surface area contributed by atoms with E-state index in [0.29, 0.717) is 12.0 Å². The van der Waals surface area contributed by atoms with Crippen LogP contribution in [0.5, 0.6) is 0 Å². The first-order valence-electron chi connectivity index (χ1n) is 7.22. The third kappa shape index (κ3) is 2.03. The van der Waals surface area contributed by atoms with Gasteiger partial charge in [0.1, 0.15) is 0 Å². The molecule has 0 radical (unpaired) electrons. The second-order valence-corrected chi connectivity index (χ2v) is 6.21. The van der Waals surface area contributed by atoms with Crippen LogP contribution in [0, 0.1) is 5.92 Å². The Morgan fingerprint density at radius 1 is 1.28 bits per heavy atom. The number of hydrogen-bond acceptors (Lipinski definition) is 3. The number of nitrogens with zero attached hydrogens (tertiary/aromatic N) is 2. The molecule has 1 saturated heterocycles. The second-order valence-electron chi connectivity index (χ2n) is 6.21. The van der Waals surface area contributed by atoms with Crippen LogP contribution < -0.4 is 10.6 Å². The topological polar surface area (TPSA) is 57.9 Å². The number of rotatable bonds is 1. The molecule has 3 N–H and O–H groups in total. The van der Waals surface area contributed by atoms with Crippen LogP contribution in [0.2, 0.25) is 0 Å². The second kappa shape index (κ2) is 4.57. The van der Waals surface area contributed by atoms with E-state index in [1.54, 1.807) is 0 Å². The van der Waals surface area contributed by atoms with E-state index in [1.165, 1.54) is 29.9 Å². The van der Waals surface area contributed by atoms with Crippen LogP contribution in [-0.2, 0) is 6.42 Å². The molecule has 0 amide bonds. The van der Waals surface area contributed by atoms with Crippen molar-refractivity contribution in [2.24, 2.45) is 11.7 Å². The molecule has 0 saturated carbocycles. The number of aromatic amines is 1. The number of aromatic nitrogens is 2. The summed E-state index contributed by atoms with van der Waals surface area (Å²) in [7, 11) is 0. The molecule has 2 heterocycles. The molecule has 18 heavy (non-hydrogen) atoms. The molecule has 1 fully saturated rings. The predicted molar refractivity (Wildman–Crippen MR) is 73.9 cm³/mol. The fourth-order valence-electron chi connectivity index (χ4n) is 3.50. The zero-order valence-corrected chi connectivity index (χ0v) is 11.4. The molecule has 2 unspecified atom stereocenters. The van der Waals surface area contributed by atoms with Crippen LogP contribution in [0.1, 0.15) is 50.3 Å². The fraction of sp³-hybridized carbons (Fsp3) is 0.786. The van der Waals surface area contributed by atoms with Gasteiger partial charge in [-0.15, -0.1) is 0 Å². The highest BCUT2D eigenvalue weighted by Gasteiger charge is 2.29. The number of anilines is 1. The fourth-order valence-corrected chi connectivity index (χ4v) is 3.50. The average molecular weight is 248 g/mol. The summed E-state index contributed by atoms with van der Waals surface area (Å²) < 4.78 is 0. The SMILES string of the molecule is CC1Cc2c(N3CCC(N)CC3)n[nH]c2C(C)C1. The third-order valence-electron chi connectivity index (χ3n) is 4.52. The Hall–Kier alpha value is -1.03. The van der Waals surface area contributed by atoms with Crippen molar-refractivity contribution in [2.45, 2.75) is 51.5 Å². The van der Waals surface area contributed by atoms with E-state index in [4.69, 9.17) is 5.73 Å². The maximum Gasteiger partial charge on any atom is 0.153 e. The quantitative estimate of drug-likeness (QED) is 0.799. The van der Waals surface area contributed by atoms with Crippen molar-refractivity contribution < 1.29 is 0 Å². The van der Waals surface area contributed by atoms with E-state index in [2.05, 4.69) is 28.9 Å². The van der Waals surface area contributed by atoms with Gasteiger partial charge in [-0.25, -0.2) is 0 Å². The molecule has 0 bridgehead atoms. The molecule has 100 valence electrons. The lowest BCUT2D eigenvalue weighted by molar-refractivity contribution is 0.443. The Morgan fingerprint density at radius 2 is 2.00 bits per heavy atom. The summed E-state index contributed by atoms with van der Waals surface area (Å²) in [5.41, 5.74) is 8.82. The van der Waals surface area contributed by atoms with Crippen molar-refractivity contribution in [3.8, 4) is 0 Å². The van der Waals surface area contributed by atoms with Gasteiger partial charge in [-0.1, -0.05) is 13.8 Å². The van der Waals surface area contributed by atoms with Crippen LogP contribution in [0.15, 0.2) is 0 Å². The molecule has 3 rings (SSSR count). The van der Waals surface area contributed by atoms with Gasteiger partial charge in [0.2, 0.25) is 0 Å². The largest absolute Gasteiger partial charge is 0.355 e. The number of piperidine rings is 1. The van der Waals surface area contributed by atoms with Gasteiger partial charge in [0.05, 0.1) is 0 Å². The maximum atomic E-state index is 5.98. The van der Waals surface area contributed by atoms with E-state index in [0.717, 1.165) is 31.8 Å². The number of hydrogen-bond donors (Lipinski definition) is 2. The number of nitrogens with one attached hydrogen (secondary N) is 1. The molecule has 0 spiro atoms. The van der Waals surface area contributed by atoms with Crippen LogP contribution >= 0.6 is 0 Å². The smallest absolute Gasteiger partial charge is 0.153 e. The summed E-state index contributed by atoms with van der Waals surface area (Å²) in [5.74, 6) is 2.60. The maximum absolute atomic E-state index is 5.98. The lowest BCUT2D eigenvalue weighted by Gasteiger charge is -2.32. The molecule has 4 nitrogen and oxygen atoms in total. The first kappa shape index (κ1) is 12.0. The van der Waals surface area contributed by atoms with Crippen LogP contribution in [-0.4, -0.2) is 29.3 Å². The van der Waals surface area contributed by atoms with Gasteiger partial charge in [-0.2, -0.15) is 5.10 Å². The van der Waals surface area contributed by atoms with Crippen molar-refractivity contribution in [1.29, 1.82) is 0 Å². The minimum absolute atomic E-state index is 0.383.